The lowest BCUT2D eigenvalue weighted by Gasteiger charge is -2.10. The zero-order valence-electron chi connectivity index (χ0n) is 12.1. The fourth-order valence-corrected chi connectivity index (χ4v) is 2.61. The molecule has 0 unspecified atom stereocenters. The molecule has 1 heterocycles. The van der Waals surface area contributed by atoms with E-state index in [-0.39, 0.29) is 12.2 Å². The van der Waals surface area contributed by atoms with E-state index < -0.39 is 17.6 Å². The van der Waals surface area contributed by atoms with Crippen LogP contribution in [0.2, 0.25) is 5.02 Å². The quantitative estimate of drug-likeness (QED) is 0.761. The van der Waals surface area contributed by atoms with E-state index in [2.05, 4.69) is 10.3 Å². The van der Waals surface area contributed by atoms with Crippen LogP contribution in [0.15, 0.2) is 48.8 Å². The van der Waals surface area contributed by atoms with E-state index in [1.165, 1.54) is 18.5 Å². The molecule has 2 aromatic carbocycles. The Balaban J connectivity index is 1.78. The summed E-state index contributed by atoms with van der Waals surface area (Å²) in [5, 5.41) is 2.89. The Bertz CT molecular complexity index is 905. The first kappa shape index (κ1) is 16.3. The fourth-order valence-electron chi connectivity index (χ4n) is 2.33. The number of carbonyl (C=O) groups excluding carboxylic acids is 1. The van der Waals surface area contributed by atoms with Gasteiger partial charge in [-0.15, -0.1) is 0 Å². The van der Waals surface area contributed by atoms with E-state index in [9.17, 15) is 18.0 Å². The summed E-state index contributed by atoms with van der Waals surface area (Å²) in [5.74, 6) is -0.478. The number of hydrogen-bond donors (Lipinski definition) is 1. The first-order valence-corrected chi connectivity index (χ1v) is 7.29. The van der Waals surface area contributed by atoms with Crippen molar-refractivity contribution >= 4 is 34.2 Å². The van der Waals surface area contributed by atoms with Crippen molar-refractivity contribution in [3.63, 3.8) is 0 Å². The second-order valence-electron chi connectivity index (χ2n) is 5.11. The summed E-state index contributed by atoms with van der Waals surface area (Å²) in [6.07, 6.45) is -3.00. The van der Waals surface area contributed by atoms with Crippen LogP contribution in [-0.4, -0.2) is 15.5 Å². The van der Waals surface area contributed by atoms with Crippen molar-refractivity contribution in [2.45, 2.75) is 12.7 Å². The van der Waals surface area contributed by atoms with Crippen LogP contribution in [0.25, 0.3) is 11.0 Å². The minimum Gasteiger partial charge on any atom is -0.325 e. The van der Waals surface area contributed by atoms with Crippen LogP contribution in [0.3, 0.4) is 0 Å². The smallest absolute Gasteiger partial charge is 0.325 e. The lowest BCUT2D eigenvalue weighted by molar-refractivity contribution is -0.137. The summed E-state index contributed by atoms with van der Waals surface area (Å²) in [5.41, 5.74) is 0.481. The number of anilines is 1. The second-order valence-corrected chi connectivity index (χ2v) is 5.51. The van der Waals surface area contributed by atoms with Gasteiger partial charge in [-0.3, -0.25) is 4.79 Å². The van der Waals surface area contributed by atoms with Crippen LogP contribution in [-0.2, 0) is 17.5 Å². The topological polar surface area (TPSA) is 46.9 Å². The van der Waals surface area contributed by atoms with Gasteiger partial charge in [0.25, 0.3) is 0 Å². The number of aromatic nitrogens is 2. The highest BCUT2D eigenvalue weighted by molar-refractivity contribution is 6.35. The number of para-hydroxylation sites is 1. The molecule has 0 aliphatic rings. The molecule has 3 rings (SSSR count). The summed E-state index contributed by atoms with van der Waals surface area (Å²) in [6, 6.07) is 9.63. The van der Waals surface area contributed by atoms with Crippen LogP contribution in [0.5, 0.6) is 0 Å². The summed E-state index contributed by atoms with van der Waals surface area (Å²) in [7, 11) is 0. The number of imidazole rings is 1. The Morgan fingerprint density at radius 3 is 2.71 bits per heavy atom. The summed E-state index contributed by atoms with van der Waals surface area (Å²) in [4.78, 5) is 16.2. The molecule has 0 aliphatic carbocycles. The van der Waals surface area contributed by atoms with Crippen molar-refractivity contribution in [1.29, 1.82) is 0 Å². The van der Waals surface area contributed by atoms with Crippen molar-refractivity contribution < 1.29 is 18.0 Å². The maximum Gasteiger partial charge on any atom is 0.416 e. The number of hydrogen-bond acceptors (Lipinski definition) is 2. The van der Waals surface area contributed by atoms with Crippen LogP contribution >= 0.6 is 11.6 Å². The number of benzene rings is 2. The molecule has 124 valence electrons. The lowest BCUT2D eigenvalue weighted by Crippen LogP contribution is -2.18. The van der Waals surface area contributed by atoms with Crippen LogP contribution in [0, 0.1) is 0 Å². The molecule has 0 fully saturated rings. The summed E-state index contributed by atoms with van der Waals surface area (Å²) in [6.45, 7) is -0.115. The third-order valence-corrected chi connectivity index (χ3v) is 3.68. The van der Waals surface area contributed by atoms with Crippen molar-refractivity contribution in [3.05, 3.63) is 59.4 Å². The normalized spacial score (nSPS) is 11.7. The van der Waals surface area contributed by atoms with Gasteiger partial charge in [-0.05, 0) is 30.3 Å². The van der Waals surface area contributed by atoms with Crippen LogP contribution < -0.4 is 5.32 Å². The van der Waals surface area contributed by atoms with Gasteiger partial charge in [0, 0.05) is 5.69 Å². The van der Waals surface area contributed by atoms with Gasteiger partial charge in [-0.1, -0.05) is 23.7 Å². The largest absolute Gasteiger partial charge is 0.416 e. The van der Waals surface area contributed by atoms with Gasteiger partial charge in [0.1, 0.15) is 6.54 Å². The molecule has 0 aliphatic heterocycles. The summed E-state index contributed by atoms with van der Waals surface area (Å²) < 4.78 is 39.6. The first-order chi connectivity index (χ1) is 11.3. The van der Waals surface area contributed by atoms with Gasteiger partial charge in [0.05, 0.1) is 27.9 Å². The van der Waals surface area contributed by atoms with Crippen molar-refractivity contribution in [1.82, 2.24) is 9.55 Å². The maximum atomic E-state index is 12.7. The molecule has 0 saturated heterocycles. The molecule has 3 aromatic rings. The van der Waals surface area contributed by atoms with Gasteiger partial charge in [-0.2, -0.15) is 13.2 Å². The average Bonchev–Trinajstić information content (AvgIpc) is 2.91. The number of halogens is 4. The molecule has 0 saturated carbocycles. The van der Waals surface area contributed by atoms with E-state index in [1.807, 2.05) is 0 Å². The predicted molar refractivity (Wildman–Crippen MR) is 84.8 cm³/mol. The number of rotatable bonds is 3. The van der Waals surface area contributed by atoms with Gasteiger partial charge < -0.3 is 9.88 Å². The number of nitrogens with one attached hydrogen (secondary N) is 1. The third-order valence-electron chi connectivity index (χ3n) is 3.38. The Labute approximate surface area is 139 Å². The highest BCUT2D eigenvalue weighted by Gasteiger charge is 2.30. The van der Waals surface area contributed by atoms with Gasteiger partial charge in [0.15, 0.2) is 0 Å². The maximum absolute atomic E-state index is 12.7. The van der Waals surface area contributed by atoms with E-state index >= 15 is 0 Å². The van der Waals surface area contributed by atoms with Gasteiger partial charge in [0.2, 0.25) is 5.91 Å². The monoisotopic (exact) mass is 353 g/mol. The fraction of sp³-hybridized carbons (Fsp3) is 0.125. The molecule has 8 heteroatoms. The number of fused-ring (bicyclic) bond motifs is 1. The Morgan fingerprint density at radius 2 is 1.96 bits per heavy atom. The van der Waals surface area contributed by atoms with E-state index in [1.54, 1.807) is 22.8 Å². The lowest BCUT2D eigenvalue weighted by atomic mass is 10.2. The van der Waals surface area contributed by atoms with E-state index in [0.29, 0.717) is 16.1 Å². The van der Waals surface area contributed by atoms with Crippen molar-refractivity contribution in [3.8, 4) is 0 Å². The third kappa shape index (κ3) is 3.35. The number of alkyl halides is 3. The molecule has 0 atom stereocenters. The molecule has 0 bridgehead atoms. The Hall–Kier alpha value is -2.54. The molecule has 24 heavy (non-hydrogen) atoms. The molecular formula is C16H11ClF3N3O. The molecule has 0 radical (unpaired) electrons. The molecule has 1 N–H and O–H groups in total. The predicted octanol–water partition coefficient (Wildman–Crippen LogP) is 4.35. The number of nitrogens with zero attached hydrogens (tertiary/aromatic N) is 2. The van der Waals surface area contributed by atoms with Gasteiger partial charge >= 0.3 is 6.18 Å². The molecule has 1 aromatic heterocycles. The molecule has 4 nitrogen and oxygen atoms in total. The highest BCUT2D eigenvalue weighted by atomic mass is 35.5. The number of carbonyl (C=O) groups is 1. The van der Waals surface area contributed by atoms with Crippen molar-refractivity contribution in [2.24, 2.45) is 0 Å². The SMILES string of the molecule is O=C(Cn1cnc2cccc(Cl)c21)Nc1cccc(C(F)(F)F)c1. The zero-order chi connectivity index (χ0) is 17.3. The Kier molecular flexibility index (Phi) is 4.19. The van der Waals surface area contributed by atoms with Crippen LogP contribution in [0.1, 0.15) is 5.56 Å². The second kappa shape index (κ2) is 6.16. The van der Waals surface area contributed by atoms with Gasteiger partial charge in [-0.25, -0.2) is 4.98 Å². The highest BCUT2D eigenvalue weighted by Crippen LogP contribution is 2.30. The standard InChI is InChI=1S/C16H11ClF3N3O/c17-12-5-2-6-13-15(12)23(9-21-13)8-14(24)22-11-4-1-3-10(7-11)16(18,19)20/h1-7,9H,8H2,(H,22,24). The first-order valence-electron chi connectivity index (χ1n) is 6.91. The van der Waals surface area contributed by atoms with Crippen LogP contribution in [0.4, 0.5) is 18.9 Å². The molecular weight excluding hydrogens is 343 g/mol. The van der Waals surface area contributed by atoms with Crippen molar-refractivity contribution in [2.75, 3.05) is 5.32 Å². The van der Waals surface area contributed by atoms with E-state index in [0.717, 1.165) is 12.1 Å². The zero-order valence-corrected chi connectivity index (χ0v) is 12.9. The Morgan fingerprint density at radius 1 is 1.21 bits per heavy atom. The molecule has 1 amide bonds. The average molecular weight is 354 g/mol. The molecule has 0 spiro atoms. The number of amides is 1. The minimum absolute atomic E-state index is 0.0744. The van der Waals surface area contributed by atoms with E-state index in [4.69, 9.17) is 11.6 Å². The minimum atomic E-state index is -4.46. The summed E-state index contributed by atoms with van der Waals surface area (Å²) >= 11 is 6.10.